The van der Waals surface area contributed by atoms with Crippen LogP contribution >= 0.6 is 11.3 Å². The number of nitriles is 1. The highest BCUT2D eigenvalue weighted by molar-refractivity contribution is 7.87. The summed E-state index contributed by atoms with van der Waals surface area (Å²) in [4.78, 5) is -0.946. The van der Waals surface area contributed by atoms with Crippen LogP contribution in [-0.4, -0.2) is 8.42 Å². The molecule has 16 heavy (non-hydrogen) atoms. The van der Waals surface area contributed by atoms with Gasteiger partial charge < -0.3 is 0 Å². The van der Waals surface area contributed by atoms with Crippen LogP contribution in [0.5, 0.6) is 0 Å². The Balaban J connectivity index is 2.97. The van der Waals surface area contributed by atoms with Crippen LogP contribution in [-0.2, 0) is 10.2 Å². The minimum atomic E-state index is -4.98. The summed E-state index contributed by atoms with van der Waals surface area (Å²) in [7, 11) is -4.98. The largest absolute Gasteiger partial charge is 0.334 e. The zero-order valence-corrected chi connectivity index (χ0v) is 9.20. The molecule has 3 nitrogen and oxygen atoms in total. The molecular formula is C9H3F2NO2S2. The molecule has 0 aliphatic heterocycles. The fourth-order valence-corrected chi connectivity index (χ4v) is 3.48. The minimum absolute atomic E-state index is 0.0328. The molecule has 0 spiro atoms. The lowest BCUT2D eigenvalue weighted by Gasteiger charge is -1.93. The molecule has 0 unspecified atom stereocenters. The van der Waals surface area contributed by atoms with Gasteiger partial charge in [0.2, 0.25) is 0 Å². The number of thiophene rings is 1. The third-order valence-corrected chi connectivity index (χ3v) is 4.05. The van der Waals surface area contributed by atoms with Crippen LogP contribution in [0.25, 0.3) is 10.1 Å². The zero-order chi connectivity index (χ0) is 11.9. The topological polar surface area (TPSA) is 57.9 Å². The van der Waals surface area contributed by atoms with E-state index in [1.807, 2.05) is 0 Å². The van der Waals surface area contributed by atoms with E-state index in [4.69, 9.17) is 5.26 Å². The molecule has 0 N–H and O–H groups in total. The zero-order valence-electron chi connectivity index (χ0n) is 7.57. The SMILES string of the molecule is N#Cc1sc2cc(F)ccc2c1S(=O)(=O)F. The van der Waals surface area contributed by atoms with Crippen LogP contribution in [0.3, 0.4) is 0 Å². The first-order chi connectivity index (χ1) is 7.43. The molecule has 2 aromatic rings. The van der Waals surface area contributed by atoms with Crippen LogP contribution in [0, 0.1) is 17.1 Å². The molecule has 0 aliphatic rings. The van der Waals surface area contributed by atoms with Gasteiger partial charge >= 0.3 is 10.2 Å². The maximum atomic E-state index is 13.0. The summed E-state index contributed by atoms with van der Waals surface area (Å²) >= 11 is 0.745. The Morgan fingerprint density at radius 2 is 2.06 bits per heavy atom. The van der Waals surface area contributed by atoms with Crippen molar-refractivity contribution >= 4 is 31.6 Å². The quantitative estimate of drug-likeness (QED) is 0.739. The van der Waals surface area contributed by atoms with Gasteiger partial charge in [-0.05, 0) is 18.2 Å². The van der Waals surface area contributed by atoms with E-state index >= 15 is 0 Å². The number of rotatable bonds is 1. The summed E-state index contributed by atoms with van der Waals surface area (Å²) in [5.74, 6) is -0.568. The van der Waals surface area contributed by atoms with E-state index in [1.165, 1.54) is 0 Å². The van der Waals surface area contributed by atoms with Crippen molar-refractivity contribution in [2.75, 3.05) is 0 Å². The molecule has 0 radical (unpaired) electrons. The molecule has 0 saturated carbocycles. The average Bonchev–Trinajstić information content (AvgIpc) is 2.54. The van der Waals surface area contributed by atoms with Crippen molar-refractivity contribution < 1.29 is 16.7 Å². The number of benzene rings is 1. The highest BCUT2D eigenvalue weighted by Crippen LogP contribution is 2.35. The molecule has 1 aromatic carbocycles. The Bertz CT molecular complexity index is 713. The second kappa shape index (κ2) is 3.50. The van der Waals surface area contributed by atoms with Gasteiger partial charge in [-0.15, -0.1) is 15.2 Å². The van der Waals surface area contributed by atoms with E-state index < -0.39 is 20.9 Å². The van der Waals surface area contributed by atoms with Crippen LogP contribution in [0.4, 0.5) is 8.28 Å². The summed E-state index contributed by atoms with van der Waals surface area (Å²) in [5, 5.41) is 8.72. The van der Waals surface area contributed by atoms with Gasteiger partial charge in [-0.2, -0.15) is 13.7 Å². The molecule has 1 heterocycles. The van der Waals surface area contributed by atoms with E-state index in [-0.39, 0.29) is 15.0 Å². The normalized spacial score (nSPS) is 11.6. The van der Waals surface area contributed by atoms with Crippen LogP contribution in [0.2, 0.25) is 0 Å². The van der Waals surface area contributed by atoms with Crippen LogP contribution < -0.4 is 0 Å². The second-order valence-electron chi connectivity index (χ2n) is 2.95. The first kappa shape index (κ1) is 11.0. The fraction of sp³-hybridized carbons (Fsp3) is 0. The molecule has 0 aliphatic carbocycles. The van der Waals surface area contributed by atoms with Crippen molar-refractivity contribution in [3.8, 4) is 6.07 Å². The molecule has 0 fully saturated rings. The third-order valence-electron chi connectivity index (χ3n) is 1.95. The van der Waals surface area contributed by atoms with Gasteiger partial charge in [-0.3, -0.25) is 0 Å². The lowest BCUT2D eigenvalue weighted by Crippen LogP contribution is -1.92. The van der Waals surface area contributed by atoms with Crippen molar-refractivity contribution in [1.82, 2.24) is 0 Å². The monoisotopic (exact) mass is 259 g/mol. The van der Waals surface area contributed by atoms with Crippen molar-refractivity contribution in [2.24, 2.45) is 0 Å². The molecule has 82 valence electrons. The van der Waals surface area contributed by atoms with Crippen molar-refractivity contribution in [1.29, 1.82) is 5.26 Å². The van der Waals surface area contributed by atoms with Gasteiger partial charge in [0.05, 0.1) is 0 Å². The van der Waals surface area contributed by atoms with E-state index in [0.29, 0.717) is 0 Å². The lowest BCUT2D eigenvalue weighted by molar-refractivity contribution is 0.553. The van der Waals surface area contributed by atoms with Crippen molar-refractivity contribution in [2.45, 2.75) is 4.90 Å². The minimum Gasteiger partial charge on any atom is -0.207 e. The summed E-state index contributed by atoms with van der Waals surface area (Å²) in [6, 6.07) is 4.82. The number of hydrogen-bond donors (Lipinski definition) is 0. The van der Waals surface area contributed by atoms with Gasteiger partial charge in [0.15, 0.2) is 0 Å². The summed E-state index contributed by atoms with van der Waals surface area (Å²) in [6.45, 7) is 0. The Labute approximate surface area is 93.8 Å². The lowest BCUT2D eigenvalue weighted by atomic mass is 10.2. The van der Waals surface area contributed by atoms with E-state index in [1.54, 1.807) is 6.07 Å². The Morgan fingerprint density at radius 3 is 2.62 bits per heavy atom. The molecule has 2 rings (SSSR count). The standard InChI is InChI=1S/C9H3F2NO2S2/c10-5-1-2-6-7(3-5)15-8(4-12)9(6)16(11,13)14/h1-3H. The van der Waals surface area contributed by atoms with E-state index in [0.717, 1.165) is 29.5 Å². The van der Waals surface area contributed by atoms with Gasteiger partial charge in [0.1, 0.15) is 21.7 Å². The van der Waals surface area contributed by atoms with Gasteiger partial charge in [0, 0.05) is 10.1 Å². The Kier molecular flexibility index (Phi) is 2.40. The first-order valence-electron chi connectivity index (χ1n) is 4.00. The maximum absolute atomic E-state index is 13.0. The maximum Gasteiger partial charge on any atom is 0.334 e. The number of hydrogen-bond acceptors (Lipinski definition) is 4. The predicted molar refractivity (Wildman–Crippen MR) is 54.8 cm³/mol. The highest BCUT2D eigenvalue weighted by atomic mass is 32.3. The summed E-state index contributed by atoms with van der Waals surface area (Å²) < 4.78 is 47.8. The van der Waals surface area contributed by atoms with Crippen molar-refractivity contribution in [3.63, 3.8) is 0 Å². The fourth-order valence-electron chi connectivity index (χ4n) is 1.36. The smallest absolute Gasteiger partial charge is 0.207 e. The summed E-state index contributed by atoms with van der Waals surface area (Å²) in [6.07, 6.45) is 0. The molecule has 7 heteroatoms. The van der Waals surface area contributed by atoms with E-state index in [9.17, 15) is 16.7 Å². The average molecular weight is 259 g/mol. The van der Waals surface area contributed by atoms with Crippen LogP contribution in [0.15, 0.2) is 23.1 Å². The number of nitrogens with zero attached hydrogens (tertiary/aromatic N) is 1. The summed E-state index contributed by atoms with van der Waals surface area (Å²) in [5.41, 5.74) is 0. The van der Waals surface area contributed by atoms with Gasteiger partial charge in [-0.25, -0.2) is 4.39 Å². The van der Waals surface area contributed by atoms with Gasteiger partial charge in [0.25, 0.3) is 0 Å². The molecule has 0 saturated heterocycles. The number of halogens is 2. The molecule has 1 aromatic heterocycles. The second-order valence-corrected chi connectivity index (χ2v) is 5.29. The first-order valence-corrected chi connectivity index (χ1v) is 6.20. The Morgan fingerprint density at radius 1 is 1.38 bits per heavy atom. The Hall–Kier alpha value is -1.52. The third kappa shape index (κ3) is 1.66. The molecule has 0 bridgehead atoms. The molecule has 0 atom stereocenters. The van der Waals surface area contributed by atoms with E-state index in [2.05, 4.69) is 0 Å². The van der Waals surface area contributed by atoms with Crippen molar-refractivity contribution in [3.05, 3.63) is 28.9 Å². The van der Waals surface area contributed by atoms with Crippen LogP contribution in [0.1, 0.15) is 4.88 Å². The van der Waals surface area contributed by atoms with Gasteiger partial charge in [-0.1, -0.05) is 0 Å². The predicted octanol–water partition coefficient (Wildman–Crippen LogP) is 2.57. The highest BCUT2D eigenvalue weighted by Gasteiger charge is 2.24. The number of fused-ring (bicyclic) bond motifs is 1. The molecule has 0 amide bonds. The molecular weight excluding hydrogens is 256 g/mol.